The third-order valence-corrected chi connectivity index (χ3v) is 13.2. The van der Waals surface area contributed by atoms with Crippen LogP contribution in [-0.4, -0.2) is 12.2 Å². The highest BCUT2D eigenvalue weighted by Crippen LogP contribution is 2.66. The average molecular weight is 664 g/mol. The molecule has 0 N–H and O–H groups in total. The van der Waals surface area contributed by atoms with Crippen LogP contribution in [0.4, 0.5) is 5.69 Å². The van der Waals surface area contributed by atoms with Gasteiger partial charge < -0.3 is 9.64 Å². The lowest BCUT2D eigenvalue weighted by atomic mass is 9.67. The molecule has 2 heteroatoms. The van der Waals surface area contributed by atoms with Crippen molar-refractivity contribution in [2.45, 2.75) is 81.8 Å². The lowest BCUT2D eigenvalue weighted by Crippen LogP contribution is -2.35. The molecule has 0 bridgehead atoms. The van der Waals surface area contributed by atoms with Gasteiger partial charge in [-0.2, -0.15) is 0 Å². The van der Waals surface area contributed by atoms with Crippen LogP contribution in [0.25, 0.3) is 11.1 Å². The van der Waals surface area contributed by atoms with E-state index < -0.39 is 0 Å². The Bertz CT molecular complexity index is 2220. The van der Waals surface area contributed by atoms with Crippen molar-refractivity contribution >= 4 is 16.8 Å². The summed E-state index contributed by atoms with van der Waals surface area (Å²) in [5.74, 6) is 0.701. The monoisotopic (exact) mass is 663 g/mol. The Morgan fingerprint density at radius 3 is 2.59 bits per heavy atom. The smallest absolute Gasteiger partial charge is 0.0852 e. The Balaban J connectivity index is 1.13. The molecule has 1 spiro atoms. The van der Waals surface area contributed by atoms with Crippen LogP contribution in [0.3, 0.4) is 0 Å². The van der Waals surface area contributed by atoms with Gasteiger partial charge in [-0.1, -0.05) is 103 Å². The Hall–Kier alpha value is -4.66. The predicted octanol–water partition coefficient (Wildman–Crippen LogP) is 11.7. The van der Waals surface area contributed by atoms with Crippen LogP contribution >= 0.6 is 0 Å². The summed E-state index contributed by atoms with van der Waals surface area (Å²) in [5.41, 5.74) is 18.5. The van der Waals surface area contributed by atoms with Crippen LogP contribution in [0.15, 0.2) is 161 Å². The van der Waals surface area contributed by atoms with Crippen molar-refractivity contribution in [1.29, 1.82) is 0 Å². The first kappa shape index (κ1) is 30.0. The minimum atomic E-state index is -0.306. The largest absolute Gasteiger partial charge is 0.370 e. The number of ether oxygens (including phenoxy) is 1. The lowest BCUT2D eigenvalue weighted by molar-refractivity contribution is 0.0524. The SMILES string of the molecule is C1=CCCC(C2=CC3=C(CC2)c2ccc(N(C4=CCCC=C4)C4=CC=CC5OC6CCC=CC6C45)cc2C32C3=CCCC=C3c3ccccc32)=C1. The molecule has 8 aliphatic carbocycles. The van der Waals surface area contributed by atoms with Gasteiger partial charge in [-0.25, -0.2) is 0 Å². The molecule has 11 rings (SSSR count). The number of hydrogen-bond donors (Lipinski definition) is 0. The maximum absolute atomic E-state index is 6.77. The quantitative estimate of drug-likeness (QED) is 0.302. The van der Waals surface area contributed by atoms with Gasteiger partial charge in [0, 0.05) is 28.9 Å². The molecule has 2 aromatic rings. The summed E-state index contributed by atoms with van der Waals surface area (Å²) in [6, 6.07) is 16.9. The van der Waals surface area contributed by atoms with Gasteiger partial charge in [0.2, 0.25) is 0 Å². The summed E-state index contributed by atoms with van der Waals surface area (Å²) in [6.07, 6.45) is 45.2. The summed E-state index contributed by atoms with van der Waals surface area (Å²) in [5, 5.41) is 0. The molecule has 0 saturated carbocycles. The van der Waals surface area contributed by atoms with Crippen molar-refractivity contribution in [2.24, 2.45) is 11.8 Å². The van der Waals surface area contributed by atoms with Crippen LogP contribution in [0.1, 0.15) is 86.5 Å². The minimum absolute atomic E-state index is 0.113. The number of fused-ring (bicyclic) bond motifs is 12. The van der Waals surface area contributed by atoms with Crippen LogP contribution in [0, 0.1) is 11.8 Å². The van der Waals surface area contributed by atoms with Gasteiger partial charge in [-0.3, -0.25) is 0 Å². The number of benzene rings is 2. The van der Waals surface area contributed by atoms with E-state index in [1.807, 2.05) is 0 Å². The first-order chi connectivity index (χ1) is 25.3. The molecule has 252 valence electrons. The molecule has 0 radical (unpaired) electrons. The summed E-state index contributed by atoms with van der Waals surface area (Å²) in [6.45, 7) is 0. The maximum Gasteiger partial charge on any atom is 0.0852 e. The fourth-order valence-electron chi connectivity index (χ4n) is 11.1. The number of nitrogens with zero attached hydrogens (tertiary/aromatic N) is 1. The van der Waals surface area contributed by atoms with Gasteiger partial charge in [-0.05, 0) is 144 Å². The molecule has 1 fully saturated rings. The zero-order valence-corrected chi connectivity index (χ0v) is 29.4. The molecule has 5 unspecified atom stereocenters. The summed E-state index contributed by atoms with van der Waals surface area (Å²) in [4.78, 5) is 2.61. The van der Waals surface area contributed by atoms with E-state index in [-0.39, 0.29) is 11.5 Å². The second kappa shape index (κ2) is 11.7. The van der Waals surface area contributed by atoms with Gasteiger partial charge in [0.05, 0.1) is 17.6 Å². The summed E-state index contributed by atoms with van der Waals surface area (Å²) >= 11 is 0. The third kappa shape index (κ3) is 4.32. The molecule has 0 amide bonds. The van der Waals surface area contributed by atoms with E-state index in [2.05, 4.69) is 132 Å². The molecular formula is C49H45NO. The van der Waals surface area contributed by atoms with E-state index in [0.717, 1.165) is 64.2 Å². The second-order valence-electron chi connectivity index (χ2n) is 15.7. The van der Waals surface area contributed by atoms with Gasteiger partial charge >= 0.3 is 0 Å². The molecule has 0 aromatic heterocycles. The van der Waals surface area contributed by atoms with Crippen LogP contribution < -0.4 is 4.90 Å². The standard InChI is InChI=1S/C49H45NO/c1-3-14-32(15-4-1)33-26-28-38-39-29-27-35(31-44(39)49(43(38)30-33)41-21-10-7-18-36(41)37-19-8-11-22-42(37)49)50(34-16-5-2-6-17-34)45-23-13-25-47-48(45)40-20-9-12-24-46(40)51-47/h1,3,5,7,9-10,13-14,16-23,25,27,29-31,40,46-48H,2,4,6,8,11-12,15,24,26,28H2. The average Bonchev–Trinajstić information content (AvgIpc) is 3.83. The van der Waals surface area contributed by atoms with Crippen molar-refractivity contribution in [2.75, 3.05) is 4.90 Å². The molecule has 1 heterocycles. The molecule has 2 aromatic carbocycles. The van der Waals surface area contributed by atoms with E-state index in [0.29, 0.717) is 17.9 Å². The van der Waals surface area contributed by atoms with Crippen molar-refractivity contribution < 1.29 is 4.74 Å². The van der Waals surface area contributed by atoms with Gasteiger partial charge in [0.1, 0.15) is 0 Å². The zero-order chi connectivity index (χ0) is 33.5. The fraction of sp³-hybridized carbons (Fsp3) is 0.306. The number of hydrogen-bond acceptors (Lipinski definition) is 2. The van der Waals surface area contributed by atoms with E-state index in [1.54, 1.807) is 5.57 Å². The highest BCUT2D eigenvalue weighted by Gasteiger charge is 2.55. The molecule has 5 atom stereocenters. The molecular weight excluding hydrogens is 619 g/mol. The van der Waals surface area contributed by atoms with Crippen molar-refractivity contribution in [3.8, 4) is 0 Å². The van der Waals surface area contributed by atoms with E-state index >= 15 is 0 Å². The highest BCUT2D eigenvalue weighted by molar-refractivity contribution is 6.01. The van der Waals surface area contributed by atoms with E-state index in [1.165, 1.54) is 67.2 Å². The zero-order valence-electron chi connectivity index (χ0n) is 29.4. The van der Waals surface area contributed by atoms with Crippen molar-refractivity contribution in [1.82, 2.24) is 0 Å². The predicted molar refractivity (Wildman–Crippen MR) is 210 cm³/mol. The van der Waals surface area contributed by atoms with Gasteiger partial charge in [0.15, 0.2) is 0 Å². The second-order valence-corrected chi connectivity index (χ2v) is 15.7. The van der Waals surface area contributed by atoms with Gasteiger partial charge in [-0.15, -0.1) is 0 Å². The van der Waals surface area contributed by atoms with Crippen molar-refractivity contribution in [3.63, 3.8) is 0 Å². The molecule has 1 saturated heterocycles. The maximum atomic E-state index is 6.77. The number of anilines is 1. The minimum Gasteiger partial charge on any atom is -0.370 e. The number of allylic oxidation sites excluding steroid dienone is 18. The summed E-state index contributed by atoms with van der Waals surface area (Å²) < 4.78 is 6.77. The topological polar surface area (TPSA) is 12.5 Å². The van der Waals surface area contributed by atoms with Crippen LogP contribution in [-0.2, 0) is 10.2 Å². The summed E-state index contributed by atoms with van der Waals surface area (Å²) in [7, 11) is 0. The van der Waals surface area contributed by atoms with Crippen LogP contribution in [0.2, 0.25) is 0 Å². The molecule has 9 aliphatic rings. The normalized spacial score (nSPS) is 30.7. The lowest BCUT2D eigenvalue weighted by Gasteiger charge is -2.38. The molecule has 51 heavy (non-hydrogen) atoms. The van der Waals surface area contributed by atoms with Crippen molar-refractivity contribution in [3.05, 3.63) is 183 Å². The Kier molecular flexibility index (Phi) is 6.88. The molecule has 2 nitrogen and oxygen atoms in total. The first-order valence-electron chi connectivity index (χ1n) is 19.6. The Morgan fingerprint density at radius 2 is 1.67 bits per heavy atom. The molecule has 1 aliphatic heterocycles. The van der Waals surface area contributed by atoms with Gasteiger partial charge in [0.25, 0.3) is 0 Å². The number of rotatable bonds is 4. The fourth-order valence-corrected chi connectivity index (χ4v) is 11.1. The Morgan fingerprint density at radius 1 is 0.725 bits per heavy atom. The Labute approximate surface area is 302 Å². The highest BCUT2D eigenvalue weighted by atomic mass is 16.5. The van der Waals surface area contributed by atoms with Crippen LogP contribution in [0.5, 0.6) is 0 Å². The van der Waals surface area contributed by atoms with E-state index in [4.69, 9.17) is 4.74 Å². The van der Waals surface area contributed by atoms with E-state index in [9.17, 15) is 0 Å². The first-order valence-corrected chi connectivity index (χ1v) is 19.6. The third-order valence-electron chi connectivity index (χ3n) is 13.2.